The Bertz CT molecular complexity index is 772. The van der Waals surface area contributed by atoms with Gasteiger partial charge < -0.3 is 4.57 Å². The molecule has 1 heterocycles. The standard InChI is InChI=1S/C13H13Cl2FN2O2S/c1-8(2)13-17-12(21(15,19)20)7-18(13)6-9-3-4-10(16)5-11(9)14/h3-5,7-8H,6H2,1-2H3. The van der Waals surface area contributed by atoms with Gasteiger partial charge in [-0.25, -0.2) is 17.8 Å². The van der Waals surface area contributed by atoms with Crippen molar-refractivity contribution >= 4 is 31.3 Å². The van der Waals surface area contributed by atoms with Crippen LogP contribution in [0.25, 0.3) is 0 Å². The lowest BCUT2D eigenvalue weighted by Crippen LogP contribution is -2.06. The minimum atomic E-state index is -3.90. The predicted octanol–water partition coefficient (Wildman–Crippen LogP) is 3.77. The van der Waals surface area contributed by atoms with E-state index in [-0.39, 0.29) is 22.5 Å². The van der Waals surface area contributed by atoms with Gasteiger partial charge in [0.25, 0.3) is 9.05 Å². The van der Waals surface area contributed by atoms with E-state index >= 15 is 0 Å². The Morgan fingerprint density at radius 2 is 2.05 bits per heavy atom. The van der Waals surface area contributed by atoms with Crippen molar-refractivity contribution in [1.29, 1.82) is 0 Å². The fourth-order valence-electron chi connectivity index (χ4n) is 1.94. The molecule has 0 atom stereocenters. The molecule has 0 bridgehead atoms. The first kappa shape index (κ1) is 16.3. The maximum atomic E-state index is 13.1. The van der Waals surface area contributed by atoms with Crippen molar-refractivity contribution in [3.63, 3.8) is 0 Å². The average molecular weight is 351 g/mol. The highest BCUT2D eigenvalue weighted by molar-refractivity contribution is 8.13. The zero-order valence-electron chi connectivity index (χ0n) is 11.3. The van der Waals surface area contributed by atoms with Crippen LogP contribution >= 0.6 is 22.3 Å². The Morgan fingerprint density at radius 3 is 2.57 bits per heavy atom. The van der Waals surface area contributed by atoms with Crippen LogP contribution in [0.3, 0.4) is 0 Å². The molecular weight excluding hydrogens is 338 g/mol. The Kier molecular flexibility index (Phi) is 4.60. The number of rotatable bonds is 4. The van der Waals surface area contributed by atoms with Crippen LogP contribution in [0.2, 0.25) is 5.02 Å². The molecule has 8 heteroatoms. The van der Waals surface area contributed by atoms with Gasteiger partial charge in [-0.05, 0) is 17.7 Å². The number of halogens is 3. The molecule has 114 valence electrons. The first-order chi connectivity index (χ1) is 9.68. The quantitative estimate of drug-likeness (QED) is 0.788. The maximum absolute atomic E-state index is 13.1. The minimum absolute atomic E-state index is 0.00334. The molecule has 0 saturated carbocycles. The van der Waals surface area contributed by atoms with Crippen molar-refractivity contribution in [2.75, 3.05) is 0 Å². The lowest BCUT2D eigenvalue weighted by atomic mass is 10.2. The molecule has 0 N–H and O–H groups in total. The van der Waals surface area contributed by atoms with Gasteiger partial charge in [0.1, 0.15) is 11.6 Å². The molecule has 0 aliphatic rings. The second-order valence-corrected chi connectivity index (χ2v) is 7.81. The summed E-state index contributed by atoms with van der Waals surface area (Å²) in [4.78, 5) is 4.05. The number of nitrogens with zero attached hydrogens (tertiary/aromatic N) is 2. The first-order valence-electron chi connectivity index (χ1n) is 6.14. The van der Waals surface area contributed by atoms with Crippen LogP contribution in [0, 0.1) is 5.82 Å². The zero-order valence-corrected chi connectivity index (χ0v) is 13.7. The highest BCUT2D eigenvalue weighted by Gasteiger charge is 2.20. The molecular formula is C13H13Cl2FN2O2S. The maximum Gasteiger partial charge on any atom is 0.280 e. The van der Waals surface area contributed by atoms with Crippen LogP contribution < -0.4 is 0 Å². The van der Waals surface area contributed by atoms with Crippen molar-refractivity contribution in [3.05, 3.63) is 46.6 Å². The first-order valence-corrected chi connectivity index (χ1v) is 8.83. The van der Waals surface area contributed by atoms with E-state index in [1.54, 1.807) is 10.6 Å². The third-order valence-corrected chi connectivity index (χ3v) is 4.43. The highest BCUT2D eigenvalue weighted by atomic mass is 35.7. The van der Waals surface area contributed by atoms with Crippen LogP contribution in [0.1, 0.15) is 31.2 Å². The van der Waals surface area contributed by atoms with Gasteiger partial charge in [-0.1, -0.05) is 31.5 Å². The van der Waals surface area contributed by atoms with Crippen molar-refractivity contribution in [2.24, 2.45) is 0 Å². The van der Waals surface area contributed by atoms with E-state index < -0.39 is 14.9 Å². The molecule has 1 aromatic heterocycles. The van der Waals surface area contributed by atoms with E-state index in [4.69, 9.17) is 22.3 Å². The molecule has 0 saturated heterocycles. The van der Waals surface area contributed by atoms with E-state index in [0.717, 1.165) is 0 Å². The molecule has 4 nitrogen and oxygen atoms in total. The van der Waals surface area contributed by atoms with E-state index in [1.165, 1.54) is 18.3 Å². The van der Waals surface area contributed by atoms with E-state index in [1.807, 2.05) is 13.8 Å². The van der Waals surface area contributed by atoms with Crippen molar-refractivity contribution < 1.29 is 12.8 Å². The average Bonchev–Trinajstić information content (AvgIpc) is 2.76. The summed E-state index contributed by atoms with van der Waals surface area (Å²) >= 11 is 5.99. The van der Waals surface area contributed by atoms with Gasteiger partial charge in [0.15, 0.2) is 5.03 Å². The van der Waals surface area contributed by atoms with Crippen molar-refractivity contribution in [3.8, 4) is 0 Å². The Hall–Kier alpha value is -1.11. The van der Waals surface area contributed by atoms with Crippen molar-refractivity contribution in [2.45, 2.75) is 31.3 Å². The van der Waals surface area contributed by atoms with Crippen LogP contribution in [-0.4, -0.2) is 18.0 Å². The molecule has 0 aliphatic heterocycles. The van der Waals surface area contributed by atoms with Gasteiger partial charge >= 0.3 is 0 Å². The van der Waals surface area contributed by atoms with Gasteiger partial charge in [0, 0.05) is 27.8 Å². The summed E-state index contributed by atoms with van der Waals surface area (Å²) < 4.78 is 37.5. The molecule has 21 heavy (non-hydrogen) atoms. The van der Waals surface area contributed by atoms with E-state index in [0.29, 0.717) is 11.4 Å². The minimum Gasteiger partial charge on any atom is -0.329 e. The summed E-state index contributed by atoms with van der Waals surface area (Å²) in [5.41, 5.74) is 0.663. The number of hydrogen-bond donors (Lipinski definition) is 0. The van der Waals surface area contributed by atoms with Gasteiger partial charge in [-0.3, -0.25) is 0 Å². The topological polar surface area (TPSA) is 52.0 Å². The molecule has 0 fully saturated rings. The zero-order chi connectivity index (χ0) is 15.8. The van der Waals surface area contributed by atoms with E-state index in [9.17, 15) is 12.8 Å². The van der Waals surface area contributed by atoms with Gasteiger partial charge in [-0.2, -0.15) is 0 Å². The second-order valence-electron chi connectivity index (χ2n) is 4.89. The van der Waals surface area contributed by atoms with E-state index in [2.05, 4.69) is 4.98 Å². The highest BCUT2D eigenvalue weighted by Crippen LogP contribution is 2.24. The lowest BCUT2D eigenvalue weighted by Gasteiger charge is -2.11. The van der Waals surface area contributed by atoms with Crippen LogP contribution in [0.15, 0.2) is 29.4 Å². The smallest absolute Gasteiger partial charge is 0.280 e. The normalized spacial score (nSPS) is 12.1. The molecule has 0 unspecified atom stereocenters. The van der Waals surface area contributed by atoms with Crippen LogP contribution in [0.4, 0.5) is 4.39 Å². The molecule has 1 aromatic carbocycles. The largest absolute Gasteiger partial charge is 0.329 e. The summed E-state index contributed by atoms with van der Waals surface area (Å²) in [6.07, 6.45) is 1.36. The van der Waals surface area contributed by atoms with Gasteiger partial charge in [0.2, 0.25) is 0 Å². The molecule has 0 radical (unpaired) electrons. The Labute approximate surface area is 131 Å². The molecule has 2 aromatic rings. The van der Waals surface area contributed by atoms with Crippen LogP contribution in [-0.2, 0) is 15.6 Å². The summed E-state index contributed by atoms with van der Waals surface area (Å²) in [6, 6.07) is 4.06. The third kappa shape index (κ3) is 3.75. The van der Waals surface area contributed by atoms with Gasteiger partial charge in [0.05, 0.1) is 6.54 Å². The van der Waals surface area contributed by atoms with Gasteiger partial charge in [-0.15, -0.1) is 0 Å². The summed E-state index contributed by atoms with van der Waals surface area (Å²) in [5.74, 6) is 0.133. The summed E-state index contributed by atoms with van der Waals surface area (Å²) in [7, 11) is 1.42. The Balaban J connectivity index is 2.45. The molecule has 2 rings (SSSR count). The predicted molar refractivity (Wildman–Crippen MR) is 79.9 cm³/mol. The number of imidazole rings is 1. The number of benzene rings is 1. The summed E-state index contributed by atoms with van der Waals surface area (Å²) in [5, 5.41) is 0.0692. The SMILES string of the molecule is CC(C)c1nc(S(=O)(=O)Cl)cn1Cc1ccc(F)cc1Cl. The molecule has 0 aliphatic carbocycles. The number of hydrogen-bond acceptors (Lipinski definition) is 3. The lowest BCUT2D eigenvalue weighted by molar-refractivity contribution is 0.606. The third-order valence-electron chi connectivity index (χ3n) is 2.91. The molecule has 0 amide bonds. The number of aromatic nitrogens is 2. The van der Waals surface area contributed by atoms with Crippen molar-refractivity contribution in [1.82, 2.24) is 9.55 Å². The fraction of sp³-hybridized carbons (Fsp3) is 0.308. The summed E-state index contributed by atoms with van der Waals surface area (Å²) in [6.45, 7) is 4.05. The Morgan fingerprint density at radius 1 is 1.38 bits per heavy atom. The fourth-order valence-corrected chi connectivity index (χ4v) is 2.85. The second kappa shape index (κ2) is 5.94. The van der Waals surface area contributed by atoms with Crippen LogP contribution in [0.5, 0.6) is 0 Å². The molecule has 0 spiro atoms. The monoisotopic (exact) mass is 350 g/mol.